The molecule has 354 valence electrons. The summed E-state index contributed by atoms with van der Waals surface area (Å²) in [5.41, 5.74) is 9.65. The highest BCUT2D eigenvalue weighted by molar-refractivity contribution is 5.94. The van der Waals surface area contributed by atoms with Crippen molar-refractivity contribution in [3.8, 4) is 0 Å². The Balaban J connectivity index is 0.996. The zero-order valence-corrected chi connectivity index (χ0v) is 39.2. The van der Waals surface area contributed by atoms with Gasteiger partial charge in [0.15, 0.2) is 0 Å². The van der Waals surface area contributed by atoms with Crippen LogP contribution in [0.2, 0.25) is 0 Å². The van der Waals surface area contributed by atoms with Crippen LogP contribution in [0.25, 0.3) is 6.08 Å². The average molecular weight is 903 g/mol. The zero-order chi connectivity index (χ0) is 46.6. The Morgan fingerprint density at radius 1 is 0.682 bits per heavy atom. The van der Waals surface area contributed by atoms with Crippen molar-refractivity contribution in [3.63, 3.8) is 0 Å². The zero-order valence-electron chi connectivity index (χ0n) is 39.2. The largest absolute Gasteiger partial charge is 0.347 e. The summed E-state index contributed by atoms with van der Waals surface area (Å²) in [6, 6.07) is 20.9. The number of hydrogen-bond donors (Lipinski definition) is 6. The van der Waals surface area contributed by atoms with Gasteiger partial charge in [-0.2, -0.15) is 5.48 Å². The number of hydroxylamine groups is 1. The number of hydrogen-bond acceptors (Lipinski definition) is 9. The first kappa shape index (κ1) is 48.5. The number of rotatable bonds is 19. The van der Waals surface area contributed by atoms with E-state index >= 15 is 0 Å². The fourth-order valence-corrected chi connectivity index (χ4v) is 9.88. The van der Waals surface area contributed by atoms with E-state index < -0.39 is 30.2 Å². The molecule has 0 bridgehead atoms. The summed E-state index contributed by atoms with van der Waals surface area (Å²) in [5.74, 6) is -1.03. The Labute approximate surface area is 390 Å². The maximum atomic E-state index is 14.3. The summed E-state index contributed by atoms with van der Waals surface area (Å²) in [6.07, 6.45) is 12.7. The van der Waals surface area contributed by atoms with Gasteiger partial charge in [0, 0.05) is 19.1 Å². The second-order valence-electron chi connectivity index (χ2n) is 18.5. The smallest absolute Gasteiger partial charge is 0.246 e. The number of nitrogens with zero attached hydrogens (tertiary/aromatic N) is 2. The third-order valence-electron chi connectivity index (χ3n) is 13.9. The molecule has 7 rings (SSSR count). The molecule has 4 aliphatic rings. The van der Waals surface area contributed by atoms with E-state index in [-0.39, 0.29) is 54.1 Å². The lowest BCUT2D eigenvalue weighted by molar-refractivity contribution is -0.143. The molecule has 6 N–H and O–H groups in total. The summed E-state index contributed by atoms with van der Waals surface area (Å²) in [5, 5.41) is 15.6. The molecule has 0 spiro atoms. The topological polar surface area (TPSA) is 173 Å². The molecule has 0 unspecified atom stereocenters. The lowest BCUT2D eigenvalue weighted by Gasteiger charge is -2.31. The maximum absolute atomic E-state index is 14.3. The Morgan fingerprint density at radius 2 is 1.23 bits per heavy atom. The van der Waals surface area contributed by atoms with Crippen LogP contribution in [0.4, 0.5) is 0 Å². The predicted molar refractivity (Wildman–Crippen MR) is 256 cm³/mol. The van der Waals surface area contributed by atoms with Gasteiger partial charge in [-0.3, -0.25) is 28.8 Å². The van der Waals surface area contributed by atoms with Gasteiger partial charge in [0.05, 0.1) is 24.7 Å². The quantitative estimate of drug-likeness (QED) is 0.0942. The van der Waals surface area contributed by atoms with Crippen LogP contribution in [0.15, 0.2) is 78.9 Å². The van der Waals surface area contributed by atoms with Crippen molar-refractivity contribution in [2.24, 2.45) is 0 Å². The van der Waals surface area contributed by atoms with Gasteiger partial charge in [0.2, 0.25) is 29.5 Å². The minimum Gasteiger partial charge on any atom is -0.347 e. The van der Waals surface area contributed by atoms with Crippen molar-refractivity contribution in [1.29, 1.82) is 0 Å². The highest BCUT2D eigenvalue weighted by Crippen LogP contribution is 2.32. The van der Waals surface area contributed by atoms with Gasteiger partial charge < -0.3 is 36.4 Å². The SMILES string of the molecule is CN[C@@H](C)C(=O)N[C@@H](C/C=C/c1ccc(C[C@H](NOC[C@H](C)NC)C(=O)N2CCC[C@H]2C(=O)N[C@@H]2CCCc3ccccc32)cc1)C(=O)N1CCC[C@H]1C(=O)N[C@@H]1CCCc2ccccc21. The molecule has 0 aromatic heterocycles. The van der Waals surface area contributed by atoms with E-state index in [0.717, 1.165) is 67.2 Å². The Bertz CT molecular complexity index is 2180. The minimum atomic E-state index is -0.869. The van der Waals surface area contributed by atoms with Crippen molar-refractivity contribution in [1.82, 2.24) is 41.9 Å². The molecule has 2 aliphatic carbocycles. The second kappa shape index (κ2) is 23.4. The van der Waals surface area contributed by atoms with Crippen molar-refractivity contribution in [3.05, 3.63) is 112 Å². The van der Waals surface area contributed by atoms with Crippen LogP contribution in [-0.2, 0) is 48.1 Å². The Kier molecular flexibility index (Phi) is 17.2. The first-order valence-corrected chi connectivity index (χ1v) is 24.2. The van der Waals surface area contributed by atoms with Crippen LogP contribution < -0.4 is 32.1 Å². The lowest BCUT2D eigenvalue weighted by atomic mass is 9.87. The number of carbonyl (C=O) groups excluding carboxylic acids is 5. The van der Waals surface area contributed by atoms with Crippen LogP contribution >= 0.6 is 0 Å². The van der Waals surface area contributed by atoms with Gasteiger partial charge in [-0.15, -0.1) is 0 Å². The normalized spacial score (nSPS) is 22.2. The maximum Gasteiger partial charge on any atom is 0.246 e. The summed E-state index contributed by atoms with van der Waals surface area (Å²) >= 11 is 0. The van der Waals surface area contributed by atoms with E-state index in [9.17, 15) is 24.0 Å². The van der Waals surface area contributed by atoms with Crippen LogP contribution in [0.3, 0.4) is 0 Å². The molecule has 3 aromatic rings. The number of nitrogens with one attached hydrogen (secondary N) is 6. The molecule has 2 saturated heterocycles. The molecular weight excluding hydrogens is 833 g/mol. The number of amides is 5. The van der Waals surface area contributed by atoms with Gasteiger partial charge in [0.25, 0.3) is 0 Å². The molecule has 3 aromatic carbocycles. The van der Waals surface area contributed by atoms with Gasteiger partial charge in [-0.05, 0) is 138 Å². The molecule has 8 atom stereocenters. The highest BCUT2D eigenvalue weighted by Gasteiger charge is 2.40. The Morgan fingerprint density at radius 3 is 1.77 bits per heavy atom. The lowest BCUT2D eigenvalue weighted by Crippen LogP contribution is -2.55. The van der Waals surface area contributed by atoms with Crippen LogP contribution in [0.5, 0.6) is 0 Å². The third-order valence-corrected chi connectivity index (χ3v) is 13.9. The molecule has 2 fully saturated rings. The fourth-order valence-electron chi connectivity index (χ4n) is 9.88. The molecular formula is C52H70N8O6. The summed E-state index contributed by atoms with van der Waals surface area (Å²) in [4.78, 5) is 78.6. The Hall–Kier alpha value is -5.41. The van der Waals surface area contributed by atoms with Crippen LogP contribution in [0.1, 0.15) is 117 Å². The van der Waals surface area contributed by atoms with Gasteiger partial charge in [0.1, 0.15) is 24.2 Å². The number of fused-ring (bicyclic) bond motifs is 2. The summed E-state index contributed by atoms with van der Waals surface area (Å²) < 4.78 is 0. The molecule has 14 nitrogen and oxygen atoms in total. The third kappa shape index (κ3) is 12.1. The van der Waals surface area contributed by atoms with E-state index in [1.807, 2.05) is 74.7 Å². The van der Waals surface area contributed by atoms with Crippen molar-refractivity contribution in [2.45, 2.75) is 139 Å². The van der Waals surface area contributed by atoms with E-state index in [2.05, 4.69) is 56.3 Å². The first-order valence-electron chi connectivity index (χ1n) is 24.2. The molecule has 66 heavy (non-hydrogen) atoms. The summed E-state index contributed by atoms with van der Waals surface area (Å²) in [6.45, 7) is 5.00. The molecule has 0 saturated carbocycles. The van der Waals surface area contributed by atoms with Crippen molar-refractivity contribution in [2.75, 3.05) is 33.8 Å². The van der Waals surface area contributed by atoms with Crippen molar-refractivity contribution >= 4 is 35.6 Å². The average Bonchev–Trinajstić information content (AvgIpc) is 4.05. The fraction of sp³-hybridized carbons (Fsp3) is 0.519. The molecule has 0 radical (unpaired) electrons. The van der Waals surface area contributed by atoms with Gasteiger partial charge >= 0.3 is 0 Å². The minimum absolute atomic E-state index is 0.0548. The number of likely N-dealkylation sites (tertiary alicyclic amines) is 2. The van der Waals surface area contributed by atoms with E-state index in [1.165, 1.54) is 11.1 Å². The van der Waals surface area contributed by atoms with E-state index in [1.54, 1.807) is 23.8 Å². The van der Waals surface area contributed by atoms with E-state index in [0.29, 0.717) is 45.4 Å². The number of carbonyl (C=O) groups is 5. The first-order chi connectivity index (χ1) is 32.0. The van der Waals surface area contributed by atoms with Crippen LogP contribution in [0, 0.1) is 0 Å². The standard InChI is InChI=1S/C52H70N8O6/c1-34(53-3)33-66-58-45(52(65)60-31-13-25-47(60)50(63)56-43-22-11-18-39-16-6-8-20-41(39)43)32-37-28-26-36(27-29-37)14-9-23-44(57-48(61)35(2)54-4)51(64)59-30-12-24-46(59)49(62)55-42-21-10-17-38-15-5-7-19-40(38)42/h5-9,14-16,19-20,26-29,34-35,42-47,53-54,58H,10-13,17-18,21-25,30-33H2,1-4H3,(H,55,62)(H,56,63)(H,57,61)/b14-9+/t34-,35-,42+,43+,44-,45-,46-,47-/m0/s1. The van der Waals surface area contributed by atoms with Gasteiger partial charge in [-0.1, -0.05) is 84.9 Å². The molecule has 2 aliphatic heterocycles. The molecule has 14 heteroatoms. The summed E-state index contributed by atoms with van der Waals surface area (Å²) in [7, 11) is 3.55. The van der Waals surface area contributed by atoms with Crippen LogP contribution in [-0.4, -0.2) is 109 Å². The second-order valence-corrected chi connectivity index (χ2v) is 18.5. The molecule has 5 amide bonds. The highest BCUT2D eigenvalue weighted by atomic mass is 16.6. The number of aryl methyl sites for hydroxylation is 2. The number of benzene rings is 3. The monoisotopic (exact) mass is 903 g/mol. The van der Waals surface area contributed by atoms with Gasteiger partial charge in [-0.25, -0.2) is 0 Å². The number of likely N-dealkylation sites (N-methyl/N-ethyl adjacent to an activating group) is 2. The van der Waals surface area contributed by atoms with Crippen molar-refractivity contribution < 1.29 is 28.8 Å². The van der Waals surface area contributed by atoms with E-state index in [4.69, 9.17) is 4.84 Å². The molecule has 2 heterocycles. The predicted octanol–water partition coefficient (Wildman–Crippen LogP) is 4.59.